The average Bonchev–Trinajstić information content (AvgIpc) is 3.11. The van der Waals surface area contributed by atoms with Gasteiger partial charge < -0.3 is 4.90 Å². The molecule has 26 heavy (non-hydrogen) atoms. The summed E-state index contributed by atoms with van der Waals surface area (Å²) < 4.78 is 0.840. The van der Waals surface area contributed by atoms with Crippen LogP contribution in [0.5, 0.6) is 0 Å². The number of aromatic nitrogens is 2. The van der Waals surface area contributed by atoms with E-state index in [1.807, 2.05) is 60.0 Å². The zero-order valence-electron chi connectivity index (χ0n) is 14.2. The zero-order chi connectivity index (χ0) is 17.9. The summed E-state index contributed by atoms with van der Waals surface area (Å²) in [6.45, 7) is 1.92. The summed E-state index contributed by atoms with van der Waals surface area (Å²) in [5.74, 6) is 1.32. The van der Waals surface area contributed by atoms with Gasteiger partial charge in [-0.1, -0.05) is 65.6 Å². The number of hydrogen-bond donors (Lipinski definition) is 0. The molecule has 0 saturated heterocycles. The number of nitrogens with zero attached hydrogens (tertiary/aromatic N) is 3. The largest absolute Gasteiger partial charge is 0.302 e. The van der Waals surface area contributed by atoms with E-state index in [0.29, 0.717) is 5.75 Å². The van der Waals surface area contributed by atoms with Crippen LogP contribution >= 0.6 is 34.9 Å². The third-order valence-corrected chi connectivity index (χ3v) is 7.21. The van der Waals surface area contributed by atoms with Crippen LogP contribution in [0.25, 0.3) is 0 Å². The Labute approximate surface area is 165 Å². The van der Waals surface area contributed by atoms with Gasteiger partial charge in [-0.2, -0.15) is 0 Å². The monoisotopic (exact) mass is 399 g/mol. The molecule has 1 aliphatic heterocycles. The number of carbonyl (C=O) groups excluding carboxylic acids is 1. The van der Waals surface area contributed by atoms with Crippen LogP contribution in [-0.4, -0.2) is 27.6 Å². The first-order chi connectivity index (χ1) is 12.7. The van der Waals surface area contributed by atoms with E-state index in [2.05, 4.69) is 28.4 Å². The average molecular weight is 400 g/mol. The quantitative estimate of drug-likeness (QED) is 0.589. The molecule has 1 aliphatic rings. The molecule has 0 bridgehead atoms. The molecule has 1 unspecified atom stereocenters. The number of amides is 1. The lowest BCUT2D eigenvalue weighted by molar-refractivity contribution is -0.116. The van der Waals surface area contributed by atoms with E-state index in [-0.39, 0.29) is 11.9 Å². The molecule has 0 fully saturated rings. The Kier molecular flexibility index (Phi) is 5.28. The van der Waals surface area contributed by atoms with E-state index in [1.165, 1.54) is 28.7 Å². The minimum Gasteiger partial charge on any atom is -0.302 e. The van der Waals surface area contributed by atoms with Crippen molar-refractivity contribution in [2.24, 2.45) is 0 Å². The second-order valence-corrected chi connectivity index (χ2v) is 9.31. The molecule has 3 aromatic rings. The fraction of sp³-hybridized carbons (Fsp3) is 0.211. The predicted molar refractivity (Wildman–Crippen MR) is 109 cm³/mol. The Bertz CT molecular complexity index is 913. The molecule has 0 N–H and O–H groups in total. The maximum absolute atomic E-state index is 13.2. The van der Waals surface area contributed by atoms with Crippen LogP contribution in [0.3, 0.4) is 0 Å². The summed E-state index contributed by atoms with van der Waals surface area (Å²) >= 11 is 4.80. The molecule has 2 heterocycles. The molecule has 0 saturated carbocycles. The molecule has 4 rings (SSSR count). The van der Waals surface area contributed by atoms with Crippen molar-refractivity contribution in [2.45, 2.75) is 22.2 Å². The maximum Gasteiger partial charge on any atom is 0.238 e. The van der Waals surface area contributed by atoms with E-state index >= 15 is 0 Å². The highest BCUT2D eigenvalue weighted by atomic mass is 32.2. The van der Waals surface area contributed by atoms with Gasteiger partial charge in [0.15, 0.2) is 4.34 Å². The van der Waals surface area contributed by atoms with E-state index in [1.54, 1.807) is 0 Å². The van der Waals surface area contributed by atoms with Gasteiger partial charge in [0.25, 0.3) is 0 Å². The lowest BCUT2D eigenvalue weighted by atomic mass is 10.1. The number of rotatable bonds is 4. The fourth-order valence-corrected chi connectivity index (χ4v) is 5.79. The standard InChI is InChI=1S/C19H17N3OS3/c1-13-20-21-19(26-13)25-12-18(23)22-15-9-5-6-10-17(15)24-11-16(22)14-7-3-2-4-8-14/h2-10,16H,11-12H2,1H3. The van der Waals surface area contributed by atoms with Gasteiger partial charge in [-0.05, 0) is 24.6 Å². The van der Waals surface area contributed by atoms with Gasteiger partial charge in [-0.15, -0.1) is 22.0 Å². The number of aryl methyl sites for hydroxylation is 1. The van der Waals surface area contributed by atoms with Gasteiger partial charge in [-0.25, -0.2) is 0 Å². The van der Waals surface area contributed by atoms with E-state index in [9.17, 15) is 4.79 Å². The van der Waals surface area contributed by atoms with Crippen molar-refractivity contribution in [3.63, 3.8) is 0 Å². The van der Waals surface area contributed by atoms with E-state index in [4.69, 9.17) is 0 Å². The number of para-hydroxylation sites is 1. The first-order valence-corrected chi connectivity index (χ1v) is 11.0. The van der Waals surface area contributed by atoms with Crippen LogP contribution in [0.15, 0.2) is 63.8 Å². The summed E-state index contributed by atoms with van der Waals surface area (Å²) in [5, 5.41) is 9.05. The van der Waals surface area contributed by atoms with Crippen molar-refractivity contribution in [3.05, 3.63) is 65.2 Å². The van der Waals surface area contributed by atoms with Gasteiger partial charge in [-0.3, -0.25) is 4.79 Å². The van der Waals surface area contributed by atoms with Gasteiger partial charge in [0.05, 0.1) is 17.5 Å². The van der Waals surface area contributed by atoms with Gasteiger partial charge in [0.2, 0.25) is 5.91 Å². The van der Waals surface area contributed by atoms with Crippen LogP contribution in [0.2, 0.25) is 0 Å². The summed E-state index contributed by atoms with van der Waals surface area (Å²) in [6.07, 6.45) is 0. The van der Waals surface area contributed by atoms with Crippen LogP contribution in [0.4, 0.5) is 5.69 Å². The normalized spacial score (nSPS) is 16.3. The lowest BCUT2D eigenvalue weighted by Gasteiger charge is -2.37. The van der Waals surface area contributed by atoms with Crippen molar-refractivity contribution in [1.29, 1.82) is 0 Å². The predicted octanol–water partition coefficient (Wildman–Crippen LogP) is 4.82. The molecule has 1 amide bonds. The molecule has 2 aromatic carbocycles. The van der Waals surface area contributed by atoms with Crippen molar-refractivity contribution >= 4 is 46.5 Å². The summed E-state index contributed by atoms with van der Waals surface area (Å²) in [6, 6.07) is 18.4. The Morgan fingerprint density at radius 1 is 1.15 bits per heavy atom. The lowest BCUT2D eigenvalue weighted by Crippen LogP contribution is -2.39. The van der Waals surface area contributed by atoms with Crippen molar-refractivity contribution in [3.8, 4) is 0 Å². The molecule has 1 aromatic heterocycles. The minimum atomic E-state index is 0.0420. The molecule has 0 radical (unpaired) electrons. The van der Waals surface area contributed by atoms with Crippen molar-refractivity contribution < 1.29 is 4.79 Å². The minimum absolute atomic E-state index is 0.0420. The molecular weight excluding hydrogens is 382 g/mol. The zero-order valence-corrected chi connectivity index (χ0v) is 16.6. The van der Waals surface area contributed by atoms with E-state index in [0.717, 1.165) is 25.7 Å². The number of fused-ring (bicyclic) bond motifs is 1. The molecule has 0 spiro atoms. The number of anilines is 1. The van der Waals surface area contributed by atoms with Crippen molar-refractivity contribution in [1.82, 2.24) is 10.2 Å². The fourth-order valence-electron chi connectivity index (χ4n) is 2.95. The summed E-state index contributed by atoms with van der Waals surface area (Å²) in [7, 11) is 0. The van der Waals surface area contributed by atoms with Crippen LogP contribution in [0.1, 0.15) is 16.6 Å². The smallest absolute Gasteiger partial charge is 0.238 e. The topological polar surface area (TPSA) is 46.1 Å². The van der Waals surface area contributed by atoms with Gasteiger partial charge in [0, 0.05) is 10.6 Å². The third-order valence-electron chi connectivity index (χ3n) is 4.11. The van der Waals surface area contributed by atoms with Crippen LogP contribution in [0, 0.1) is 6.92 Å². The highest BCUT2D eigenvalue weighted by molar-refractivity contribution is 8.01. The Morgan fingerprint density at radius 2 is 1.92 bits per heavy atom. The Balaban J connectivity index is 1.62. The third kappa shape index (κ3) is 3.65. The van der Waals surface area contributed by atoms with Gasteiger partial charge >= 0.3 is 0 Å². The molecule has 1 atom stereocenters. The van der Waals surface area contributed by atoms with Gasteiger partial charge in [0.1, 0.15) is 5.01 Å². The first kappa shape index (κ1) is 17.6. The number of hydrogen-bond acceptors (Lipinski definition) is 6. The number of carbonyl (C=O) groups is 1. The SMILES string of the molecule is Cc1nnc(SCC(=O)N2c3ccccc3SCC2c2ccccc2)s1. The van der Waals surface area contributed by atoms with Crippen LogP contribution in [-0.2, 0) is 4.79 Å². The number of benzene rings is 2. The molecule has 132 valence electrons. The highest BCUT2D eigenvalue weighted by Crippen LogP contribution is 2.43. The first-order valence-electron chi connectivity index (χ1n) is 8.24. The molecule has 4 nitrogen and oxygen atoms in total. The van der Waals surface area contributed by atoms with Crippen LogP contribution < -0.4 is 4.90 Å². The summed E-state index contributed by atoms with van der Waals surface area (Å²) in [4.78, 5) is 16.3. The highest BCUT2D eigenvalue weighted by Gasteiger charge is 2.32. The Hall–Kier alpha value is -1.83. The number of thioether (sulfide) groups is 2. The molecule has 0 aliphatic carbocycles. The molecular formula is C19H17N3OS3. The van der Waals surface area contributed by atoms with E-state index < -0.39 is 0 Å². The summed E-state index contributed by atoms with van der Waals surface area (Å²) in [5.41, 5.74) is 2.16. The molecule has 7 heteroatoms. The second-order valence-electron chi connectivity index (χ2n) is 5.84. The maximum atomic E-state index is 13.2. The van der Waals surface area contributed by atoms with Crippen molar-refractivity contribution in [2.75, 3.05) is 16.4 Å². The second kappa shape index (κ2) is 7.82. The Morgan fingerprint density at radius 3 is 2.69 bits per heavy atom.